The predicted octanol–water partition coefficient (Wildman–Crippen LogP) is 3.53. The van der Waals surface area contributed by atoms with E-state index < -0.39 is 6.04 Å². The number of carbonyl (C=O) groups excluding carboxylic acids is 2. The fourth-order valence-corrected chi connectivity index (χ4v) is 4.97. The van der Waals surface area contributed by atoms with Crippen LogP contribution in [0.4, 0.5) is 5.69 Å². The van der Waals surface area contributed by atoms with E-state index in [4.69, 9.17) is 18.9 Å². The van der Waals surface area contributed by atoms with E-state index in [1.54, 1.807) is 49.6 Å². The second-order valence-corrected chi connectivity index (χ2v) is 9.59. The average Bonchev–Trinajstić information content (AvgIpc) is 3.69. The number of nitrogens with one attached hydrogen (secondary N) is 1. The van der Waals surface area contributed by atoms with Crippen molar-refractivity contribution in [3.63, 3.8) is 0 Å². The van der Waals surface area contributed by atoms with Gasteiger partial charge < -0.3 is 24.3 Å². The summed E-state index contributed by atoms with van der Waals surface area (Å²) >= 11 is 0. The molecule has 1 aliphatic rings. The third-order valence-electron chi connectivity index (χ3n) is 7.09. The Labute approximate surface area is 237 Å². The maximum absolute atomic E-state index is 14.2. The van der Waals surface area contributed by atoms with Crippen LogP contribution in [0, 0.1) is 0 Å². The fourth-order valence-electron chi connectivity index (χ4n) is 4.97. The number of hydrogen-bond donors (Lipinski definition) is 1. The summed E-state index contributed by atoms with van der Waals surface area (Å²) in [7, 11) is 4.63. The number of benzene rings is 3. The summed E-state index contributed by atoms with van der Waals surface area (Å²) in [4.78, 5) is 29.7. The van der Waals surface area contributed by atoms with Crippen molar-refractivity contribution in [3.05, 3.63) is 72.3 Å². The summed E-state index contributed by atoms with van der Waals surface area (Å²) in [6.07, 6.45) is 1.75. The van der Waals surface area contributed by atoms with Gasteiger partial charge in [0.2, 0.25) is 11.8 Å². The lowest BCUT2D eigenvalue weighted by atomic mass is 10.0. The number of carbonyl (C=O) groups is 2. The van der Waals surface area contributed by atoms with E-state index in [0.29, 0.717) is 52.7 Å². The Morgan fingerprint density at radius 2 is 1.80 bits per heavy atom. The Hall–Kier alpha value is -4.64. The molecule has 214 valence electrons. The Bertz CT molecular complexity index is 1500. The SMILES string of the molecule is COc1ccc([C@H](C(=O)NC[C@H]2CCCO2)N(C(=O)Cn2nnc3ccccc32)c2ccc(OC)c(OC)c2)cc1. The molecule has 3 aromatic carbocycles. The minimum atomic E-state index is -1.03. The highest BCUT2D eigenvalue weighted by Gasteiger charge is 2.34. The Morgan fingerprint density at radius 3 is 2.51 bits per heavy atom. The molecular formula is C30H33N5O6. The molecule has 11 heteroatoms. The second kappa shape index (κ2) is 12.7. The van der Waals surface area contributed by atoms with Gasteiger partial charge in [0.05, 0.1) is 33.0 Å². The lowest BCUT2D eigenvalue weighted by Gasteiger charge is -2.32. The van der Waals surface area contributed by atoms with Crippen LogP contribution in [0.2, 0.25) is 0 Å². The molecule has 0 saturated carbocycles. The van der Waals surface area contributed by atoms with E-state index in [9.17, 15) is 9.59 Å². The van der Waals surface area contributed by atoms with Gasteiger partial charge in [0.1, 0.15) is 23.9 Å². The number of nitrogens with zero attached hydrogens (tertiary/aromatic N) is 4. The summed E-state index contributed by atoms with van der Waals surface area (Å²) in [6, 6.07) is 18.6. The predicted molar refractivity (Wildman–Crippen MR) is 152 cm³/mol. The first-order valence-corrected chi connectivity index (χ1v) is 13.4. The molecule has 1 N–H and O–H groups in total. The largest absolute Gasteiger partial charge is 0.497 e. The first kappa shape index (κ1) is 27.9. The highest BCUT2D eigenvalue weighted by molar-refractivity contribution is 6.01. The van der Waals surface area contributed by atoms with Crippen LogP contribution in [0.3, 0.4) is 0 Å². The zero-order valence-electron chi connectivity index (χ0n) is 23.3. The third-order valence-corrected chi connectivity index (χ3v) is 7.09. The summed E-state index contributed by atoms with van der Waals surface area (Å²) in [5.41, 5.74) is 2.42. The van der Waals surface area contributed by atoms with Crippen LogP contribution in [-0.4, -0.2) is 67.4 Å². The van der Waals surface area contributed by atoms with Crippen molar-refractivity contribution in [1.82, 2.24) is 20.3 Å². The number of amides is 2. The molecule has 1 fully saturated rings. The van der Waals surface area contributed by atoms with E-state index in [1.165, 1.54) is 23.8 Å². The Kier molecular flexibility index (Phi) is 8.64. The highest BCUT2D eigenvalue weighted by Crippen LogP contribution is 2.36. The van der Waals surface area contributed by atoms with Crippen LogP contribution in [0.25, 0.3) is 11.0 Å². The summed E-state index contributed by atoms with van der Waals surface area (Å²) < 4.78 is 23.5. The first-order valence-electron chi connectivity index (χ1n) is 13.4. The van der Waals surface area contributed by atoms with Crippen molar-refractivity contribution in [3.8, 4) is 17.2 Å². The molecule has 41 heavy (non-hydrogen) atoms. The number of aromatic nitrogens is 3. The van der Waals surface area contributed by atoms with E-state index >= 15 is 0 Å². The molecule has 11 nitrogen and oxygen atoms in total. The molecule has 0 aliphatic carbocycles. The van der Waals surface area contributed by atoms with Crippen molar-refractivity contribution >= 4 is 28.5 Å². The Morgan fingerprint density at radius 1 is 1.02 bits per heavy atom. The molecule has 0 bridgehead atoms. The zero-order valence-corrected chi connectivity index (χ0v) is 23.3. The molecular weight excluding hydrogens is 526 g/mol. The number of ether oxygens (including phenoxy) is 4. The molecule has 1 aromatic heterocycles. The van der Waals surface area contributed by atoms with Gasteiger partial charge in [0.25, 0.3) is 0 Å². The molecule has 0 unspecified atom stereocenters. The number of fused-ring (bicyclic) bond motifs is 1. The third kappa shape index (κ3) is 6.09. The van der Waals surface area contributed by atoms with Gasteiger partial charge in [-0.15, -0.1) is 5.10 Å². The molecule has 2 heterocycles. The lowest BCUT2D eigenvalue weighted by molar-refractivity contribution is -0.127. The molecule has 2 atom stereocenters. The van der Waals surface area contributed by atoms with Crippen LogP contribution < -0.4 is 24.4 Å². The minimum absolute atomic E-state index is 0.0674. The molecule has 4 aromatic rings. The summed E-state index contributed by atoms with van der Waals surface area (Å²) in [5.74, 6) is 0.820. The molecule has 0 radical (unpaired) electrons. The van der Waals surface area contributed by atoms with Gasteiger partial charge in [-0.05, 0) is 54.8 Å². The van der Waals surface area contributed by atoms with Crippen LogP contribution in [0.5, 0.6) is 17.2 Å². The minimum Gasteiger partial charge on any atom is -0.497 e. The maximum atomic E-state index is 14.2. The number of hydrogen-bond acceptors (Lipinski definition) is 8. The number of methoxy groups -OCH3 is 3. The second-order valence-electron chi connectivity index (χ2n) is 9.59. The maximum Gasteiger partial charge on any atom is 0.249 e. The van der Waals surface area contributed by atoms with Crippen LogP contribution >= 0.6 is 0 Å². The van der Waals surface area contributed by atoms with Crippen molar-refractivity contribution in [2.24, 2.45) is 0 Å². The molecule has 5 rings (SSSR count). The quantitative estimate of drug-likeness (QED) is 0.297. The summed E-state index contributed by atoms with van der Waals surface area (Å²) in [5, 5.41) is 11.4. The van der Waals surface area contributed by atoms with Crippen molar-refractivity contribution < 1.29 is 28.5 Å². The van der Waals surface area contributed by atoms with Gasteiger partial charge >= 0.3 is 0 Å². The topological polar surface area (TPSA) is 117 Å². The first-order chi connectivity index (χ1) is 20.0. The van der Waals surface area contributed by atoms with Crippen molar-refractivity contribution in [1.29, 1.82) is 0 Å². The van der Waals surface area contributed by atoms with Crippen molar-refractivity contribution in [2.75, 3.05) is 39.4 Å². The average molecular weight is 560 g/mol. The summed E-state index contributed by atoms with van der Waals surface area (Å²) in [6.45, 7) is 0.859. The Balaban J connectivity index is 1.58. The van der Waals surface area contributed by atoms with Crippen LogP contribution in [-0.2, 0) is 20.9 Å². The zero-order chi connectivity index (χ0) is 28.8. The van der Waals surface area contributed by atoms with E-state index in [-0.39, 0.29) is 24.5 Å². The lowest BCUT2D eigenvalue weighted by Crippen LogP contribution is -2.46. The number of para-hydroxylation sites is 1. The standard InChI is InChI=1S/C30H33N5O6/c1-38-22-13-10-20(11-14-22)29(30(37)31-18-23-7-6-16-41-23)35(21-12-15-26(39-2)27(17-21)40-3)28(36)19-34-25-9-5-4-8-24(25)32-33-34/h4-5,8-15,17,23,29H,6-7,16,18-19H2,1-3H3,(H,31,37)/t23-,29-/m1/s1. The molecule has 1 saturated heterocycles. The van der Waals surface area contributed by atoms with Gasteiger partial charge in [0, 0.05) is 24.9 Å². The van der Waals surface area contributed by atoms with Crippen molar-refractivity contribution in [2.45, 2.75) is 31.5 Å². The normalized spacial score (nSPS) is 15.3. The molecule has 0 spiro atoms. The highest BCUT2D eigenvalue weighted by atomic mass is 16.5. The smallest absolute Gasteiger partial charge is 0.249 e. The van der Waals surface area contributed by atoms with E-state index in [2.05, 4.69) is 15.6 Å². The molecule has 1 aliphatic heterocycles. The van der Waals surface area contributed by atoms with E-state index in [0.717, 1.165) is 12.8 Å². The van der Waals surface area contributed by atoms with E-state index in [1.807, 2.05) is 24.3 Å². The van der Waals surface area contributed by atoms with Gasteiger partial charge in [-0.25, -0.2) is 4.68 Å². The van der Waals surface area contributed by atoms with Crippen LogP contribution in [0.1, 0.15) is 24.4 Å². The fraction of sp³-hybridized carbons (Fsp3) is 0.333. The monoisotopic (exact) mass is 559 g/mol. The number of rotatable bonds is 11. The number of anilines is 1. The van der Waals surface area contributed by atoms with Gasteiger partial charge in [0.15, 0.2) is 11.5 Å². The van der Waals surface area contributed by atoms with Gasteiger partial charge in [-0.1, -0.05) is 29.5 Å². The molecule has 2 amide bonds. The van der Waals surface area contributed by atoms with Crippen LogP contribution in [0.15, 0.2) is 66.7 Å². The van der Waals surface area contributed by atoms with Gasteiger partial charge in [-0.2, -0.15) is 0 Å². The van der Waals surface area contributed by atoms with Gasteiger partial charge in [-0.3, -0.25) is 14.5 Å².